The first-order chi connectivity index (χ1) is 8.49. The Hall–Kier alpha value is -1.62. The lowest BCUT2D eigenvalue weighted by molar-refractivity contribution is 0.326. The summed E-state index contributed by atoms with van der Waals surface area (Å²) < 4.78 is 10.5. The van der Waals surface area contributed by atoms with Gasteiger partial charge in [-0.15, -0.1) is 0 Å². The molecule has 0 aliphatic heterocycles. The van der Waals surface area contributed by atoms with Crippen LogP contribution in [0.15, 0.2) is 12.1 Å². The van der Waals surface area contributed by atoms with Gasteiger partial charge in [-0.2, -0.15) is 0 Å². The molecule has 1 aromatic carbocycles. The lowest BCUT2D eigenvalue weighted by Crippen LogP contribution is -2.31. The van der Waals surface area contributed by atoms with Gasteiger partial charge in [0.25, 0.3) is 0 Å². The SMILES string of the molecule is COc1cc(N)c(NCC(C)N(C)C)cc1OC. The van der Waals surface area contributed by atoms with Crippen LogP contribution in [-0.4, -0.2) is 45.8 Å². The molecule has 1 unspecified atom stereocenters. The van der Waals surface area contributed by atoms with Crippen LogP contribution in [0.25, 0.3) is 0 Å². The van der Waals surface area contributed by atoms with Crippen LogP contribution in [0.1, 0.15) is 6.92 Å². The molecule has 0 bridgehead atoms. The maximum absolute atomic E-state index is 5.97. The molecule has 0 saturated heterocycles. The van der Waals surface area contributed by atoms with Gasteiger partial charge in [0.15, 0.2) is 11.5 Å². The van der Waals surface area contributed by atoms with E-state index in [-0.39, 0.29) is 0 Å². The average molecular weight is 253 g/mol. The second kappa shape index (κ2) is 6.35. The van der Waals surface area contributed by atoms with E-state index in [1.165, 1.54) is 0 Å². The van der Waals surface area contributed by atoms with Crippen LogP contribution in [0.2, 0.25) is 0 Å². The van der Waals surface area contributed by atoms with Crippen molar-refractivity contribution in [2.24, 2.45) is 0 Å². The van der Waals surface area contributed by atoms with Crippen molar-refractivity contribution in [2.45, 2.75) is 13.0 Å². The molecule has 0 aliphatic rings. The summed E-state index contributed by atoms with van der Waals surface area (Å²) in [5, 5.41) is 3.32. The number of anilines is 2. The van der Waals surface area contributed by atoms with E-state index < -0.39 is 0 Å². The van der Waals surface area contributed by atoms with Gasteiger partial charge in [0.05, 0.1) is 25.6 Å². The minimum absolute atomic E-state index is 0.414. The van der Waals surface area contributed by atoms with Gasteiger partial charge in [-0.25, -0.2) is 0 Å². The van der Waals surface area contributed by atoms with E-state index in [1.807, 2.05) is 20.2 Å². The van der Waals surface area contributed by atoms with Crippen LogP contribution in [-0.2, 0) is 0 Å². The zero-order valence-electron chi connectivity index (χ0n) is 11.8. The van der Waals surface area contributed by atoms with E-state index in [4.69, 9.17) is 15.2 Å². The third-order valence-electron chi connectivity index (χ3n) is 3.03. The maximum atomic E-state index is 5.97. The van der Waals surface area contributed by atoms with Crippen molar-refractivity contribution in [2.75, 3.05) is 45.9 Å². The summed E-state index contributed by atoms with van der Waals surface area (Å²) >= 11 is 0. The second-order valence-corrected chi connectivity index (χ2v) is 4.49. The first-order valence-electron chi connectivity index (χ1n) is 5.91. The molecule has 0 aliphatic carbocycles. The van der Waals surface area contributed by atoms with Gasteiger partial charge in [-0.1, -0.05) is 0 Å². The molecular formula is C13H23N3O2. The van der Waals surface area contributed by atoms with Crippen molar-refractivity contribution in [3.05, 3.63) is 12.1 Å². The lowest BCUT2D eigenvalue weighted by atomic mass is 10.2. The number of nitrogens with zero attached hydrogens (tertiary/aromatic N) is 1. The summed E-state index contributed by atoms with van der Waals surface area (Å²) in [7, 11) is 7.30. The summed E-state index contributed by atoms with van der Waals surface area (Å²) in [6.45, 7) is 2.95. The first kappa shape index (κ1) is 14.4. The van der Waals surface area contributed by atoms with Crippen molar-refractivity contribution < 1.29 is 9.47 Å². The van der Waals surface area contributed by atoms with E-state index in [0.29, 0.717) is 23.2 Å². The Balaban J connectivity index is 2.83. The predicted octanol–water partition coefficient (Wildman–Crippen LogP) is 1.65. The molecule has 5 heteroatoms. The number of likely N-dealkylation sites (N-methyl/N-ethyl adjacent to an activating group) is 1. The molecule has 1 rings (SSSR count). The zero-order valence-corrected chi connectivity index (χ0v) is 11.8. The highest BCUT2D eigenvalue weighted by atomic mass is 16.5. The molecule has 1 atom stereocenters. The number of benzene rings is 1. The topological polar surface area (TPSA) is 59.8 Å². The van der Waals surface area contributed by atoms with Crippen molar-refractivity contribution in [1.82, 2.24) is 4.90 Å². The first-order valence-corrected chi connectivity index (χ1v) is 5.91. The monoisotopic (exact) mass is 253 g/mol. The van der Waals surface area contributed by atoms with E-state index in [9.17, 15) is 0 Å². The van der Waals surface area contributed by atoms with Gasteiger partial charge in [0, 0.05) is 24.7 Å². The Morgan fingerprint density at radius 1 is 1.22 bits per heavy atom. The highest BCUT2D eigenvalue weighted by Crippen LogP contribution is 2.34. The van der Waals surface area contributed by atoms with Gasteiger partial charge in [-0.3, -0.25) is 0 Å². The fraction of sp³-hybridized carbons (Fsp3) is 0.538. The molecule has 18 heavy (non-hydrogen) atoms. The van der Waals surface area contributed by atoms with Crippen LogP contribution >= 0.6 is 0 Å². The number of hydrogen-bond acceptors (Lipinski definition) is 5. The minimum Gasteiger partial charge on any atom is -0.493 e. The van der Waals surface area contributed by atoms with E-state index in [0.717, 1.165) is 12.2 Å². The largest absolute Gasteiger partial charge is 0.493 e. The number of nitrogen functional groups attached to an aromatic ring is 1. The average Bonchev–Trinajstić information content (AvgIpc) is 2.36. The van der Waals surface area contributed by atoms with Crippen LogP contribution in [0, 0.1) is 0 Å². The van der Waals surface area contributed by atoms with E-state index >= 15 is 0 Å². The minimum atomic E-state index is 0.414. The van der Waals surface area contributed by atoms with Gasteiger partial charge in [0.2, 0.25) is 0 Å². The molecule has 0 radical (unpaired) electrons. The third kappa shape index (κ3) is 3.43. The number of ether oxygens (including phenoxy) is 2. The molecule has 0 saturated carbocycles. The van der Waals surface area contributed by atoms with Crippen molar-refractivity contribution in [3.8, 4) is 11.5 Å². The summed E-state index contributed by atoms with van der Waals surface area (Å²) in [6, 6.07) is 4.04. The molecule has 0 aromatic heterocycles. The van der Waals surface area contributed by atoms with Crippen molar-refractivity contribution in [1.29, 1.82) is 0 Å². The molecular weight excluding hydrogens is 230 g/mol. The molecule has 0 heterocycles. The summed E-state index contributed by atoms with van der Waals surface area (Å²) in [6.07, 6.45) is 0. The molecule has 102 valence electrons. The molecule has 0 fully saturated rings. The molecule has 3 N–H and O–H groups in total. The predicted molar refractivity (Wildman–Crippen MR) is 75.6 cm³/mol. The fourth-order valence-electron chi connectivity index (χ4n) is 1.49. The zero-order chi connectivity index (χ0) is 13.7. The number of hydrogen-bond donors (Lipinski definition) is 2. The summed E-state index contributed by atoms with van der Waals surface area (Å²) in [5.41, 5.74) is 7.49. The number of nitrogens with one attached hydrogen (secondary N) is 1. The number of nitrogens with two attached hydrogens (primary N) is 1. The highest BCUT2D eigenvalue weighted by molar-refractivity contribution is 5.72. The fourth-order valence-corrected chi connectivity index (χ4v) is 1.49. The van der Waals surface area contributed by atoms with Gasteiger partial charge >= 0.3 is 0 Å². The van der Waals surface area contributed by atoms with Crippen LogP contribution in [0.4, 0.5) is 11.4 Å². The molecule has 5 nitrogen and oxygen atoms in total. The van der Waals surface area contributed by atoms with Crippen LogP contribution in [0.5, 0.6) is 11.5 Å². The third-order valence-corrected chi connectivity index (χ3v) is 3.03. The van der Waals surface area contributed by atoms with Gasteiger partial charge < -0.3 is 25.4 Å². The van der Waals surface area contributed by atoms with Crippen molar-refractivity contribution >= 4 is 11.4 Å². The number of rotatable bonds is 6. The standard InChI is InChI=1S/C13H23N3O2/c1-9(16(2)3)8-15-11-7-13(18-5)12(17-4)6-10(11)14/h6-7,9,15H,8,14H2,1-5H3. The highest BCUT2D eigenvalue weighted by Gasteiger charge is 2.10. The second-order valence-electron chi connectivity index (χ2n) is 4.49. The van der Waals surface area contributed by atoms with Crippen LogP contribution < -0.4 is 20.5 Å². The normalized spacial score (nSPS) is 12.3. The summed E-state index contributed by atoms with van der Waals surface area (Å²) in [5.74, 6) is 1.31. The Kier molecular flexibility index (Phi) is 5.09. The van der Waals surface area contributed by atoms with Gasteiger partial charge in [-0.05, 0) is 21.0 Å². The Bertz CT molecular complexity index is 394. The van der Waals surface area contributed by atoms with Crippen molar-refractivity contribution in [3.63, 3.8) is 0 Å². The van der Waals surface area contributed by atoms with Gasteiger partial charge in [0.1, 0.15) is 0 Å². The number of methoxy groups -OCH3 is 2. The van der Waals surface area contributed by atoms with Crippen LogP contribution in [0.3, 0.4) is 0 Å². The Morgan fingerprint density at radius 2 is 1.78 bits per heavy atom. The molecule has 0 spiro atoms. The molecule has 0 amide bonds. The lowest BCUT2D eigenvalue weighted by Gasteiger charge is -2.21. The summed E-state index contributed by atoms with van der Waals surface area (Å²) in [4.78, 5) is 2.14. The van der Waals surface area contributed by atoms with E-state index in [1.54, 1.807) is 20.3 Å². The quantitative estimate of drug-likeness (QED) is 0.755. The molecule has 1 aromatic rings. The Morgan fingerprint density at radius 3 is 2.28 bits per heavy atom. The van der Waals surface area contributed by atoms with E-state index in [2.05, 4.69) is 17.1 Å². The smallest absolute Gasteiger partial charge is 0.162 e. The Labute approximate surface area is 109 Å². The maximum Gasteiger partial charge on any atom is 0.162 e.